The largest absolute Gasteiger partial charge is 0.464 e. The molecule has 0 bridgehead atoms. The molecule has 1 heterocycles. The molecule has 0 aliphatic heterocycles. The van der Waals surface area contributed by atoms with E-state index in [0.717, 1.165) is 18.1 Å². The van der Waals surface area contributed by atoms with Crippen LogP contribution in [0.2, 0.25) is 0 Å². The van der Waals surface area contributed by atoms with Crippen LogP contribution in [0.1, 0.15) is 56.6 Å². The summed E-state index contributed by atoms with van der Waals surface area (Å²) in [4.78, 5) is 17.9. The van der Waals surface area contributed by atoms with Gasteiger partial charge in [-0.25, -0.2) is 4.99 Å². The number of rotatable bonds is 6. The molecule has 1 amide bonds. The second-order valence-corrected chi connectivity index (χ2v) is 7.15. The van der Waals surface area contributed by atoms with Gasteiger partial charge in [0.1, 0.15) is 18.1 Å². The monoisotopic (exact) mass is 348 g/mol. The van der Waals surface area contributed by atoms with Crippen molar-refractivity contribution in [2.45, 2.75) is 52.0 Å². The Labute approximate surface area is 151 Å². The molecule has 0 saturated heterocycles. The summed E-state index contributed by atoms with van der Waals surface area (Å²) in [7, 11) is 3.49. The molecule has 1 aromatic heterocycles. The van der Waals surface area contributed by atoms with E-state index in [0.29, 0.717) is 11.9 Å². The SMILES string of the molecule is Cc1ccc(C(C)NC(=NCC(=O)N(C)C)NCC2CCCCC2)o1. The van der Waals surface area contributed by atoms with E-state index in [1.807, 2.05) is 26.0 Å². The van der Waals surface area contributed by atoms with Gasteiger partial charge in [-0.2, -0.15) is 0 Å². The number of hydrogen-bond donors (Lipinski definition) is 2. The number of furan rings is 1. The molecule has 1 aromatic rings. The zero-order valence-electron chi connectivity index (χ0n) is 16.0. The third kappa shape index (κ3) is 6.44. The van der Waals surface area contributed by atoms with E-state index in [-0.39, 0.29) is 18.5 Å². The van der Waals surface area contributed by atoms with Gasteiger partial charge in [-0.3, -0.25) is 4.79 Å². The first kappa shape index (κ1) is 19.3. The zero-order chi connectivity index (χ0) is 18.2. The number of likely N-dealkylation sites (N-methyl/N-ethyl adjacent to an activating group) is 1. The molecule has 1 fully saturated rings. The van der Waals surface area contributed by atoms with Crippen molar-refractivity contribution in [2.75, 3.05) is 27.2 Å². The molecule has 2 rings (SSSR count). The van der Waals surface area contributed by atoms with Gasteiger partial charge >= 0.3 is 0 Å². The predicted molar refractivity (Wildman–Crippen MR) is 101 cm³/mol. The topological polar surface area (TPSA) is 69.9 Å². The Morgan fingerprint density at radius 3 is 2.64 bits per heavy atom. The second kappa shape index (κ2) is 9.49. The van der Waals surface area contributed by atoms with E-state index in [1.165, 1.54) is 32.1 Å². The number of guanidine groups is 1. The number of nitrogens with zero attached hydrogens (tertiary/aromatic N) is 2. The zero-order valence-corrected chi connectivity index (χ0v) is 16.0. The van der Waals surface area contributed by atoms with Crippen LogP contribution in [-0.4, -0.2) is 44.0 Å². The Bertz CT molecular complexity index is 574. The normalized spacial score (nSPS) is 17.2. The third-order valence-corrected chi connectivity index (χ3v) is 4.70. The van der Waals surface area contributed by atoms with Crippen molar-refractivity contribution >= 4 is 11.9 Å². The Kier molecular flexibility index (Phi) is 7.34. The van der Waals surface area contributed by atoms with Gasteiger partial charge in [-0.15, -0.1) is 0 Å². The lowest BCUT2D eigenvalue weighted by atomic mass is 9.89. The minimum atomic E-state index is -0.0136. The molecule has 6 nitrogen and oxygen atoms in total. The first-order valence-corrected chi connectivity index (χ1v) is 9.27. The summed E-state index contributed by atoms with van der Waals surface area (Å²) in [6.07, 6.45) is 6.51. The molecule has 1 aliphatic rings. The smallest absolute Gasteiger partial charge is 0.243 e. The van der Waals surface area contributed by atoms with Crippen molar-refractivity contribution in [1.82, 2.24) is 15.5 Å². The molecule has 0 radical (unpaired) electrons. The summed E-state index contributed by atoms with van der Waals surface area (Å²) in [5.74, 6) is 3.10. The quantitative estimate of drug-likeness (QED) is 0.613. The van der Waals surface area contributed by atoms with Crippen molar-refractivity contribution in [3.63, 3.8) is 0 Å². The molecule has 1 aliphatic carbocycles. The van der Waals surface area contributed by atoms with Gasteiger partial charge in [-0.05, 0) is 44.7 Å². The molecular weight excluding hydrogens is 316 g/mol. The average molecular weight is 348 g/mol. The minimum Gasteiger partial charge on any atom is -0.464 e. The summed E-state index contributed by atoms with van der Waals surface area (Å²) in [5.41, 5.74) is 0. The lowest BCUT2D eigenvalue weighted by Gasteiger charge is -2.24. The number of nitrogens with one attached hydrogen (secondary N) is 2. The number of aryl methyl sites for hydroxylation is 1. The highest BCUT2D eigenvalue weighted by molar-refractivity contribution is 5.84. The molecule has 0 aromatic carbocycles. The number of carbonyl (C=O) groups is 1. The highest BCUT2D eigenvalue weighted by Crippen LogP contribution is 2.22. The maximum atomic E-state index is 11.9. The van der Waals surface area contributed by atoms with E-state index in [2.05, 4.69) is 15.6 Å². The Balaban J connectivity index is 1.97. The lowest BCUT2D eigenvalue weighted by Crippen LogP contribution is -2.42. The summed E-state index contributed by atoms with van der Waals surface area (Å²) < 4.78 is 5.68. The van der Waals surface area contributed by atoms with Crippen LogP contribution < -0.4 is 10.6 Å². The van der Waals surface area contributed by atoms with Crippen LogP contribution in [0.25, 0.3) is 0 Å². The van der Waals surface area contributed by atoms with E-state index < -0.39 is 0 Å². The van der Waals surface area contributed by atoms with Crippen molar-refractivity contribution in [3.05, 3.63) is 23.7 Å². The Hall–Kier alpha value is -1.98. The van der Waals surface area contributed by atoms with Gasteiger partial charge in [0.25, 0.3) is 0 Å². The molecule has 1 unspecified atom stereocenters. The maximum Gasteiger partial charge on any atom is 0.243 e. The highest BCUT2D eigenvalue weighted by atomic mass is 16.3. The summed E-state index contributed by atoms with van der Waals surface area (Å²) in [6.45, 7) is 4.99. The fraction of sp³-hybridized carbons (Fsp3) is 0.684. The van der Waals surface area contributed by atoms with Crippen molar-refractivity contribution < 1.29 is 9.21 Å². The first-order valence-electron chi connectivity index (χ1n) is 9.27. The fourth-order valence-electron chi connectivity index (χ4n) is 3.04. The van der Waals surface area contributed by atoms with Gasteiger partial charge in [0, 0.05) is 20.6 Å². The number of aliphatic imine (C=N–C) groups is 1. The van der Waals surface area contributed by atoms with E-state index in [4.69, 9.17) is 4.42 Å². The van der Waals surface area contributed by atoms with Crippen LogP contribution in [0.15, 0.2) is 21.5 Å². The molecule has 1 saturated carbocycles. The Morgan fingerprint density at radius 1 is 1.32 bits per heavy atom. The average Bonchev–Trinajstić information content (AvgIpc) is 3.04. The third-order valence-electron chi connectivity index (χ3n) is 4.70. The van der Waals surface area contributed by atoms with Gasteiger partial charge in [0.05, 0.1) is 6.04 Å². The number of hydrogen-bond acceptors (Lipinski definition) is 3. The number of amides is 1. The molecule has 25 heavy (non-hydrogen) atoms. The molecular formula is C19H32N4O2. The summed E-state index contributed by atoms with van der Waals surface area (Å²) in [6, 6.07) is 3.91. The fourth-order valence-corrected chi connectivity index (χ4v) is 3.04. The van der Waals surface area contributed by atoms with Crippen molar-refractivity contribution in [1.29, 1.82) is 0 Å². The second-order valence-electron chi connectivity index (χ2n) is 7.15. The Morgan fingerprint density at radius 2 is 2.04 bits per heavy atom. The molecule has 6 heteroatoms. The standard InChI is InChI=1S/C19H32N4O2/c1-14-10-11-17(25-14)15(2)22-19(21-13-18(24)23(3)4)20-12-16-8-6-5-7-9-16/h10-11,15-16H,5-9,12-13H2,1-4H3,(H2,20,21,22). The minimum absolute atomic E-state index is 0.0132. The van der Waals surface area contributed by atoms with Crippen molar-refractivity contribution in [3.8, 4) is 0 Å². The highest BCUT2D eigenvalue weighted by Gasteiger charge is 2.16. The van der Waals surface area contributed by atoms with Gasteiger partial charge in [-0.1, -0.05) is 19.3 Å². The van der Waals surface area contributed by atoms with Gasteiger partial charge in [0.2, 0.25) is 5.91 Å². The van der Waals surface area contributed by atoms with E-state index in [1.54, 1.807) is 19.0 Å². The predicted octanol–water partition coefficient (Wildman–Crippen LogP) is 2.85. The van der Waals surface area contributed by atoms with E-state index in [9.17, 15) is 4.79 Å². The van der Waals surface area contributed by atoms with Crippen LogP contribution in [0, 0.1) is 12.8 Å². The molecule has 2 N–H and O–H groups in total. The number of carbonyl (C=O) groups excluding carboxylic acids is 1. The molecule has 140 valence electrons. The maximum absolute atomic E-state index is 11.9. The van der Waals surface area contributed by atoms with Crippen molar-refractivity contribution in [2.24, 2.45) is 10.9 Å². The van der Waals surface area contributed by atoms with Crippen LogP contribution in [0.3, 0.4) is 0 Å². The van der Waals surface area contributed by atoms with E-state index >= 15 is 0 Å². The summed E-state index contributed by atoms with van der Waals surface area (Å²) in [5, 5.41) is 6.77. The first-order chi connectivity index (χ1) is 12.0. The van der Waals surface area contributed by atoms with Gasteiger partial charge in [0.15, 0.2) is 5.96 Å². The lowest BCUT2D eigenvalue weighted by molar-refractivity contribution is -0.127. The van der Waals surface area contributed by atoms with Crippen LogP contribution in [0.5, 0.6) is 0 Å². The van der Waals surface area contributed by atoms with Crippen LogP contribution >= 0.6 is 0 Å². The molecule has 1 atom stereocenters. The van der Waals surface area contributed by atoms with Crippen LogP contribution in [-0.2, 0) is 4.79 Å². The molecule has 0 spiro atoms. The summed E-state index contributed by atoms with van der Waals surface area (Å²) >= 11 is 0. The van der Waals surface area contributed by atoms with Crippen LogP contribution in [0.4, 0.5) is 0 Å². The van der Waals surface area contributed by atoms with Gasteiger partial charge < -0.3 is 20.0 Å².